The predicted molar refractivity (Wildman–Crippen MR) is 103 cm³/mol. The summed E-state index contributed by atoms with van der Waals surface area (Å²) in [5.74, 6) is 0.187. The highest BCUT2D eigenvalue weighted by molar-refractivity contribution is 14.0. The number of guanidine groups is 1. The van der Waals surface area contributed by atoms with Crippen LogP contribution in [-0.4, -0.2) is 30.5 Å². The summed E-state index contributed by atoms with van der Waals surface area (Å²) < 4.78 is 12.8. The molecule has 5 nitrogen and oxygen atoms in total. The predicted octanol–water partition coefficient (Wildman–Crippen LogP) is 2.41. The number of aliphatic imine (C=N–C) groups is 1. The Labute approximate surface area is 154 Å². The molecule has 0 aliphatic carbocycles. The molecule has 7 heteroatoms. The van der Waals surface area contributed by atoms with E-state index in [-0.39, 0.29) is 47.8 Å². The first-order chi connectivity index (χ1) is 10.3. The first-order valence-electron chi connectivity index (χ1n) is 7.38. The number of nitrogens with one attached hydrogen (secondary N) is 3. The fourth-order valence-corrected chi connectivity index (χ4v) is 1.73. The van der Waals surface area contributed by atoms with Crippen LogP contribution in [0.3, 0.4) is 0 Å². The summed E-state index contributed by atoms with van der Waals surface area (Å²) in [6.07, 6.45) is 0. The molecule has 0 heterocycles. The van der Waals surface area contributed by atoms with Gasteiger partial charge >= 0.3 is 0 Å². The van der Waals surface area contributed by atoms with Crippen LogP contribution in [0.2, 0.25) is 0 Å². The number of carbonyl (C=O) groups is 1. The molecule has 0 fully saturated rings. The third-order valence-corrected chi connectivity index (χ3v) is 2.61. The van der Waals surface area contributed by atoms with Gasteiger partial charge in [0.15, 0.2) is 5.96 Å². The van der Waals surface area contributed by atoms with E-state index in [9.17, 15) is 9.18 Å². The lowest BCUT2D eigenvalue weighted by molar-refractivity contribution is -0.121. The van der Waals surface area contributed by atoms with E-state index in [4.69, 9.17) is 0 Å². The summed E-state index contributed by atoms with van der Waals surface area (Å²) in [5.41, 5.74) is 0.639. The molecular weight excluding hydrogens is 410 g/mol. The molecular formula is C16H26FIN4O. The van der Waals surface area contributed by atoms with Crippen molar-refractivity contribution >= 4 is 35.8 Å². The van der Waals surface area contributed by atoms with Crippen molar-refractivity contribution in [2.24, 2.45) is 4.99 Å². The Morgan fingerprint density at radius 1 is 1.17 bits per heavy atom. The Hall–Kier alpha value is -1.38. The zero-order valence-electron chi connectivity index (χ0n) is 14.1. The first-order valence-corrected chi connectivity index (χ1v) is 7.38. The maximum absolute atomic E-state index is 12.8. The molecule has 23 heavy (non-hydrogen) atoms. The monoisotopic (exact) mass is 436 g/mol. The van der Waals surface area contributed by atoms with Crippen molar-refractivity contribution in [2.75, 3.05) is 13.1 Å². The maximum atomic E-state index is 12.8. The van der Waals surface area contributed by atoms with Crippen LogP contribution < -0.4 is 16.0 Å². The summed E-state index contributed by atoms with van der Waals surface area (Å²) in [5, 5.41) is 8.92. The van der Waals surface area contributed by atoms with Gasteiger partial charge < -0.3 is 16.0 Å². The number of halogens is 2. The van der Waals surface area contributed by atoms with Crippen LogP contribution in [-0.2, 0) is 11.3 Å². The Balaban J connectivity index is 0.00000484. The van der Waals surface area contributed by atoms with E-state index < -0.39 is 0 Å². The van der Waals surface area contributed by atoms with Gasteiger partial charge in [0.05, 0.1) is 13.1 Å². The average molecular weight is 436 g/mol. The standard InChI is InChI=1S/C16H25FN4O.HI/c1-5-18-15(20-11-14(22)21-16(2,3)4)19-10-12-6-8-13(17)9-7-12;/h6-9H,5,10-11H2,1-4H3,(H,21,22)(H2,18,19,20);1H. The number of benzene rings is 1. The Morgan fingerprint density at radius 2 is 1.78 bits per heavy atom. The molecule has 0 spiro atoms. The molecule has 1 aromatic rings. The van der Waals surface area contributed by atoms with Gasteiger partial charge in [0, 0.05) is 12.1 Å². The van der Waals surface area contributed by atoms with Crippen molar-refractivity contribution in [3.8, 4) is 0 Å². The average Bonchev–Trinajstić information content (AvgIpc) is 2.42. The molecule has 1 aromatic carbocycles. The number of amides is 1. The van der Waals surface area contributed by atoms with Crippen molar-refractivity contribution in [1.82, 2.24) is 16.0 Å². The Morgan fingerprint density at radius 3 is 2.30 bits per heavy atom. The van der Waals surface area contributed by atoms with Gasteiger partial charge in [-0.1, -0.05) is 12.1 Å². The summed E-state index contributed by atoms with van der Waals surface area (Å²) in [6, 6.07) is 6.19. The summed E-state index contributed by atoms with van der Waals surface area (Å²) in [7, 11) is 0. The second-order valence-electron chi connectivity index (χ2n) is 5.97. The highest BCUT2D eigenvalue weighted by Gasteiger charge is 2.13. The van der Waals surface area contributed by atoms with Crippen LogP contribution in [0.25, 0.3) is 0 Å². The molecule has 0 bridgehead atoms. The minimum absolute atomic E-state index is 0. The second kappa shape index (κ2) is 10.4. The van der Waals surface area contributed by atoms with E-state index in [1.54, 1.807) is 12.1 Å². The summed E-state index contributed by atoms with van der Waals surface area (Å²) >= 11 is 0. The van der Waals surface area contributed by atoms with Gasteiger partial charge in [0.1, 0.15) is 5.82 Å². The molecule has 0 radical (unpaired) electrons. The van der Waals surface area contributed by atoms with E-state index in [0.29, 0.717) is 19.0 Å². The lowest BCUT2D eigenvalue weighted by Crippen LogP contribution is -2.48. The molecule has 0 unspecified atom stereocenters. The van der Waals surface area contributed by atoms with E-state index >= 15 is 0 Å². The van der Waals surface area contributed by atoms with Crippen molar-refractivity contribution in [3.63, 3.8) is 0 Å². The number of carbonyl (C=O) groups excluding carboxylic acids is 1. The maximum Gasteiger partial charge on any atom is 0.239 e. The van der Waals surface area contributed by atoms with Crippen LogP contribution >= 0.6 is 24.0 Å². The number of hydrogen-bond acceptors (Lipinski definition) is 2. The summed E-state index contributed by atoms with van der Waals surface area (Å²) in [6.45, 7) is 8.99. The molecule has 0 aliphatic heterocycles. The van der Waals surface area contributed by atoms with E-state index in [1.165, 1.54) is 12.1 Å². The van der Waals surface area contributed by atoms with E-state index in [0.717, 1.165) is 5.56 Å². The van der Waals surface area contributed by atoms with Crippen molar-refractivity contribution in [1.29, 1.82) is 0 Å². The number of nitrogens with zero attached hydrogens (tertiary/aromatic N) is 1. The molecule has 0 aliphatic rings. The third-order valence-electron chi connectivity index (χ3n) is 2.61. The molecule has 130 valence electrons. The smallest absolute Gasteiger partial charge is 0.239 e. The Bertz CT molecular complexity index is 512. The number of hydrogen-bond donors (Lipinski definition) is 3. The van der Waals surface area contributed by atoms with Crippen LogP contribution in [0.5, 0.6) is 0 Å². The molecule has 0 aromatic heterocycles. The van der Waals surface area contributed by atoms with Crippen LogP contribution in [0.1, 0.15) is 33.3 Å². The Kier molecular flexibility index (Phi) is 9.78. The second-order valence-corrected chi connectivity index (χ2v) is 5.97. The lowest BCUT2D eigenvalue weighted by atomic mass is 10.1. The van der Waals surface area contributed by atoms with Crippen molar-refractivity contribution in [2.45, 2.75) is 39.8 Å². The number of rotatable bonds is 5. The highest BCUT2D eigenvalue weighted by Crippen LogP contribution is 2.03. The van der Waals surface area contributed by atoms with Crippen LogP contribution in [0.4, 0.5) is 4.39 Å². The van der Waals surface area contributed by atoms with Gasteiger partial charge in [-0.3, -0.25) is 4.79 Å². The SMILES string of the molecule is CCNC(=NCc1ccc(F)cc1)NCC(=O)NC(C)(C)C.I. The first kappa shape index (κ1) is 21.6. The van der Waals surface area contributed by atoms with Crippen LogP contribution in [0, 0.1) is 5.82 Å². The van der Waals surface area contributed by atoms with Gasteiger partial charge in [0.25, 0.3) is 0 Å². The van der Waals surface area contributed by atoms with Gasteiger partial charge in [0.2, 0.25) is 5.91 Å². The van der Waals surface area contributed by atoms with Crippen LogP contribution in [0.15, 0.2) is 29.3 Å². The van der Waals surface area contributed by atoms with Gasteiger partial charge in [-0.2, -0.15) is 0 Å². The van der Waals surface area contributed by atoms with Gasteiger partial charge in [-0.15, -0.1) is 24.0 Å². The fourth-order valence-electron chi connectivity index (χ4n) is 1.73. The van der Waals surface area contributed by atoms with Gasteiger partial charge in [-0.05, 0) is 45.4 Å². The van der Waals surface area contributed by atoms with Crippen molar-refractivity contribution < 1.29 is 9.18 Å². The largest absolute Gasteiger partial charge is 0.357 e. The topological polar surface area (TPSA) is 65.5 Å². The molecule has 0 saturated carbocycles. The normalized spacial score (nSPS) is 11.4. The summed E-state index contributed by atoms with van der Waals surface area (Å²) in [4.78, 5) is 16.2. The minimum Gasteiger partial charge on any atom is -0.357 e. The van der Waals surface area contributed by atoms with E-state index in [1.807, 2.05) is 27.7 Å². The van der Waals surface area contributed by atoms with Crippen molar-refractivity contribution in [3.05, 3.63) is 35.6 Å². The zero-order chi connectivity index (χ0) is 16.6. The fraction of sp³-hybridized carbons (Fsp3) is 0.500. The van der Waals surface area contributed by atoms with E-state index in [2.05, 4.69) is 20.9 Å². The zero-order valence-corrected chi connectivity index (χ0v) is 16.4. The van der Waals surface area contributed by atoms with Gasteiger partial charge in [-0.25, -0.2) is 9.38 Å². The molecule has 1 rings (SSSR count). The molecule has 1 amide bonds. The minimum atomic E-state index is -0.267. The lowest BCUT2D eigenvalue weighted by Gasteiger charge is -2.21. The molecule has 0 atom stereocenters. The highest BCUT2D eigenvalue weighted by atomic mass is 127. The third kappa shape index (κ3) is 10.1. The molecule has 3 N–H and O–H groups in total. The molecule has 0 saturated heterocycles. The quantitative estimate of drug-likeness (QED) is 0.378.